The molecule has 1 heterocycles. The van der Waals surface area contributed by atoms with E-state index >= 15 is 0 Å². The zero-order valence-corrected chi connectivity index (χ0v) is 18.8. The van der Waals surface area contributed by atoms with Gasteiger partial charge in [-0.1, -0.05) is 30.7 Å². The number of amides is 1. The first kappa shape index (κ1) is 22.0. The molecule has 0 spiro atoms. The minimum Gasteiger partial charge on any atom is -0.493 e. The van der Waals surface area contributed by atoms with Crippen LogP contribution in [-0.4, -0.2) is 38.4 Å². The van der Waals surface area contributed by atoms with Crippen LogP contribution in [0.3, 0.4) is 0 Å². The van der Waals surface area contributed by atoms with Gasteiger partial charge >= 0.3 is 0 Å². The van der Waals surface area contributed by atoms with Gasteiger partial charge in [0.25, 0.3) is 5.91 Å². The fourth-order valence-electron chi connectivity index (χ4n) is 3.79. The Kier molecular flexibility index (Phi) is 6.56. The summed E-state index contributed by atoms with van der Waals surface area (Å²) in [5.74, 6) is 1.09. The second kappa shape index (κ2) is 8.96. The van der Waals surface area contributed by atoms with E-state index in [1.54, 1.807) is 25.5 Å². The van der Waals surface area contributed by atoms with Crippen molar-refractivity contribution < 1.29 is 14.3 Å². The maximum absolute atomic E-state index is 12.1. The lowest BCUT2D eigenvalue weighted by Gasteiger charge is -2.45. The topological polar surface area (TPSA) is 63.2 Å². The van der Waals surface area contributed by atoms with Gasteiger partial charge in [-0.25, -0.2) is 5.43 Å². The van der Waals surface area contributed by atoms with E-state index in [2.05, 4.69) is 49.3 Å². The zero-order chi connectivity index (χ0) is 21.9. The highest BCUT2D eigenvalue weighted by atomic mass is 35.5. The van der Waals surface area contributed by atoms with Crippen molar-refractivity contribution >= 4 is 29.4 Å². The fraction of sp³-hybridized carbons (Fsp3) is 0.391. The van der Waals surface area contributed by atoms with Gasteiger partial charge in [-0.05, 0) is 56.0 Å². The van der Waals surface area contributed by atoms with Gasteiger partial charge in [0.15, 0.2) is 18.1 Å². The van der Waals surface area contributed by atoms with Crippen molar-refractivity contribution in [1.82, 2.24) is 5.43 Å². The Bertz CT molecular complexity index is 959. The molecular weight excluding hydrogens is 402 g/mol. The zero-order valence-electron chi connectivity index (χ0n) is 18.0. The van der Waals surface area contributed by atoms with Crippen LogP contribution in [0.4, 0.5) is 5.69 Å². The monoisotopic (exact) mass is 429 g/mol. The number of methoxy groups -OCH3 is 1. The number of nitrogens with zero attached hydrogens (tertiary/aromatic N) is 2. The molecule has 0 saturated carbocycles. The Morgan fingerprint density at radius 1 is 1.33 bits per heavy atom. The lowest BCUT2D eigenvalue weighted by atomic mass is 9.80. The number of halogens is 1. The van der Waals surface area contributed by atoms with Crippen LogP contribution in [0, 0.1) is 0 Å². The number of carbonyl (C=O) groups excluding carboxylic acids is 1. The second-order valence-electron chi connectivity index (χ2n) is 8.14. The summed E-state index contributed by atoms with van der Waals surface area (Å²) in [5, 5.41) is 4.64. The number of anilines is 1. The summed E-state index contributed by atoms with van der Waals surface area (Å²) in [6.45, 7) is 6.52. The third kappa shape index (κ3) is 4.70. The van der Waals surface area contributed by atoms with Gasteiger partial charge in [0.05, 0.1) is 18.3 Å². The minimum absolute atomic E-state index is 0.0702. The molecule has 1 aliphatic heterocycles. The van der Waals surface area contributed by atoms with Crippen LogP contribution in [-0.2, 0) is 4.79 Å². The van der Waals surface area contributed by atoms with Crippen molar-refractivity contribution in [2.75, 3.05) is 25.7 Å². The van der Waals surface area contributed by atoms with Crippen molar-refractivity contribution in [2.24, 2.45) is 5.10 Å². The summed E-state index contributed by atoms with van der Waals surface area (Å²) in [4.78, 5) is 14.3. The number of hydrazone groups is 1. The molecule has 1 atom stereocenters. The lowest BCUT2D eigenvalue weighted by molar-refractivity contribution is -0.123. The number of hydrogen-bond acceptors (Lipinski definition) is 5. The number of nitrogens with one attached hydrogen (secondary N) is 1. The van der Waals surface area contributed by atoms with E-state index < -0.39 is 0 Å². The van der Waals surface area contributed by atoms with Crippen molar-refractivity contribution in [1.29, 1.82) is 0 Å². The minimum atomic E-state index is -0.374. The highest BCUT2D eigenvalue weighted by molar-refractivity contribution is 6.33. The number of ether oxygens (including phenoxy) is 2. The molecule has 1 aliphatic rings. The number of rotatable bonds is 6. The largest absolute Gasteiger partial charge is 0.493 e. The Balaban J connectivity index is 1.65. The van der Waals surface area contributed by atoms with E-state index in [0.717, 1.165) is 17.7 Å². The molecule has 6 nitrogen and oxygen atoms in total. The van der Waals surface area contributed by atoms with E-state index in [4.69, 9.17) is 21.1 Å². The lowest BCUT2D eigenvalue weighted by Crippen LogP contribution is -2.45. The number of hydrogen-bond donors (Lipinski definition) is 1. The molecule has 160 valence electrons. The Hall–Kier alpha value is -2.73. The predicted molar refractivity (Wildman–Crippen MR) is 121 cm³/mol. The van der Waals surface area contributed by atoms with Crippen LogP contribution in [0.25, 0.3) is 0 Å². The average Bonchev–Trinajstić information content (AvgIpc) is 2.71. The molecule has 2 aromatic rings. The molecular formula is C23H28ClN3O3. The predicted octanol–water partition coefficient (Wildman–Crippen LogP) is 4.60. The van der Waals surface area contributed by atoms with Gasteiger partial charge in [-0.3, -0.25) is 4.79 Å². The summed E-state index contributed by atoms with van der Waals surface area (Å²) in [5.41, 5.74) is 5.67. The van der Waals surface area contributed by atoms with Gasteiger partial charge in [0.2, 0.25) is 0 Å². The van der Waals surface area contributed by atoms with Crippen LogP contribution in [0.5, 0.6) is 11.5 Å². The van der Waals surface area contributed by atoms with Crippen molar-refractivity contribution in [3.63, 3.8) is 0 Å². The first-order valence-electron chi connectivity index (χ1n) is 9.88. The normalized spacial score (nSPS) is 17.5. The summed E-state index contributed by atoms with van der Waals surface area (Å²) in [6, 6.07) is 11.2. The third-order valence-electron chi connectivity index (χ3n) is 5.57. The molecule has 0 radical (unpaired) electrons. The number of para-hydroxylation sites is 2. The van der Waals surface area contributed by atoms with Crippen molar-refractivity contribution in [2.45, 2.75) is 38.6 Å². The van der Waals surface area contributed by atoms with Crippen LogP contribution in [0.1, 0.15) is 44.2 Å². The highest BCUT2D eigenvalue weighted by Crippen LogP contribution is 2.44. The molecule has 0 aliphatic carbocycles. The van der Waals surface area contributed by atoms with Crippen LogP contribution < -0.4 is 19.8 Å². The molecule has 1 amide bonds. The first-order chi connectivity index (χ1) is 14.2. The summed E-state index contributed by atoms with van der Waals surface area (Å²) in [7, 11) is 3.64. The number of fused-ring (bicyclic) bond motifs is 1. The third-order valence-corrected chi connectivity index (χ3v) is 5.90. The van der Waals surface area contributed by atoms with Gasteiger partial charge in [-0.15, -0.1) is 0 Å². The van der Waals surface area contributed by atoms with Crippen molar-refractivity contribution in [3.8, 4) is 11.5 Å². The van der Waals surface area contributed by atoms with Crippen molar-refractivity contribution in [3.05, 3.63) is 52.5 Å². The Morgan fingerprint density at radius 3 is 2.73 bits per heavy atom. The van der Waals surface area contributed by atoms with E-state index in [-0.39, 0.29) is 18.1 Å². The summed E-state index contributed by atoms with van der Waals surface area (Å²) >= 11 is 6.49. The van der Waals surface area contributed by atoms with Gasteiger partial charge in [0.1, 0.15) is 0 Å². The van der Waals surface area contributed by atoms with E-state index in [1.165, 1.54) is 5.56 Å². The average molecular weight is 430 g/mol. The molecule has 3 rings (SSSR count). The number of benzene rings is 2. The number of carbonyl (C=O) groups is 1. The standard InChI is InChI=1S/C23H28ClN3O3/c1-15-12-23(2,3)27(4)19-11-18(24)16(10-17(15)19)13-25-26-22(28)14-30-21-9-7-6-8-20(21)29-5/h6-11,13,15H,12,14H2,1-5H3,(H,26,28)/b25-13+. The molecule has 1 N–H and O–H groups in total. The SMILES string of the molecule is COc1ccccc1OCC(=O)N/N=C/c1cc2c(cc1Cl)N(C)C(C)(C)CC2C. The molecule has 30 heavy (non-hydrogen) atoms. The fourth-order valence-corrected chi connectivity index (χ4v) is 4.00. The molecule has 2 aromatic carbocycles. The quantitative estimate of drug-likeness (QED) is 0.538. The second-order valence-corrected chi connectivity index (χ2v) is 8.55. The van der Waals surface area contributed by atoms with E-state index in [0.29, 0.717) is 22.4 Å². The van der Waals surface area contributed by atoms with E-state index in [9.17, 15) is 4.79 Å². The molecule has 7 heteroatoms. The summed E-state index contributed by atoms with van der Waals surface area (Å²) < 4.78 is 10.7. The maximum atomic E-state index is 12.1. The first-order valence-corrected chi connectivity index (χ1v) is 10.3. The Labute approximate surface area is 182 Å². The van der Waals surface area contributed by atoms with Gasteiger partial charge < -0.3 is 14.4 Å². The van der Waals surface area contributed by atoms with Crippen LogP contribution in [0.15, 0.2) is 41.5 Å². The molecule has 0 saturated heterocycles. The molecule has 0 aromatic heterocycles. The highest BCUT2D eigenvalue weighted by Gasteiger charge is 2.34. The van der Waals surface area contributed by atoms with Crippen LogP contribution in [0.2, 0.25) is 5.02 Å². The van der Waals surface area contributed by atoms with Gasteiger partial charge in [0, 0.05) is 23.8 Å². The van der Waals surface area contributed by atoms with E-state index in [1.807, 2.05) is 18.2 Å². The molecule has 0 bridgehead atoms. The smallest absolute Gasteiger partial charge is 0.277 e. The van der Waals surface area contributed by atoms with Crippen LogP contribution >= 0.6 is 11.6 Å². The molecule has 0 fully saturated rings. The maximum Gasteiger partial charge on any atom is 0.277 e. The summed E-state index contributed by atoms with van der Waals surface area (Å²) in [6.07, 6.45) is 2.61. The Morgan fingerprint density at radius 2 is 2.03 bits per heavy atom. The molecule has 1 unspecified atom stereocenters. The van der Waals surface area contributed by atoms with Gasteiger partial charge in [-0.2, -0.15) is 5.10 Å².